The molecule has 1 atom stereocenters. The van der Waals surface area contributed by atoms with Crippen LogP contribution in [0.25, 0.3) is 0 Å². The van der Waals surface area contributed by atoms with Crippen LogP contribution in [0.15, 0.2) is 18.2 Å². The summed E-state index contributed by atoms with van der Waals surface area (Å²) in [7, 11) is 0. The monoisotopic (exact) mass is 341 g/mol. The fourth-order valence-corrected chi connectivity index (χ4v) is 3.40. The van der Waals surface area contributed by atoms with Gasteiger partial charge >= 0.3 is 6.18 Å². The van der Waals surface area contributed by atoms with Crippen molar-refractivity contribution in [2.24, 2.45) is 0 Å². The van der Waals surface area contributed by atoms with Gasteiger partial charge in [-0.25, -0.2) is 0 Å². The Morgan fingerprint density at radius 1 is 1.21 bits per heavy atom. The van der Waals surface area contributed by atoms with E-state index in [1.54, 1.807) is 12.1 Å². The Kier molecular flexibility index (Phi) is 4.15. The largest absolute Gasteiger partial charge is 0.418 e. The minimum absolute atomic E-state index is 0.0275. The summed E-state index contributed by atoms with van der Waals surface area (Å²) in [5.41, 5.74) is -1.25. The molecular weight excluding hydrogens is 323 g/mol. The summed E-state index contributed by atoms with van der Waals surface area (Å²) in [5.74, 6) is -0.516. The molecule has 0 aromatic heterocycles. The highest BCUT2D eigenvalue weighted by molar-refractivity contribution is 6.01. The first-order valence-electron chi connectivity index (χ1n) is 7.96. The van der Waals surface area contributed by atoms with Crippen LogP contribution in [-0.2, 0) is 6.42 Å². The summed E-state index contributed by atoms with van der Waals surface area (Å²) in [5, 5.41) is 9.84. The van der Waals surface area contributed by atoms with Crippen molar-refractivity contribution in [1.82, 2.24) is 4.90 Å². The van der Waals surface area contributed by atoms with E-state index >= 15 is 0 Å². The van der Waals surface area contributed by atoms with Crippen molar-refractivity contribution in [1.29, 1.82) is 0 Å². The number of Topliss-reactive ketones (excluding diaryl/α,β-unsaturated/α-hetero) is 1. The van der Waals surface area contributed by atoms with Gasteiger partial charge < -0.3 is 10.0 Å². The molecule has 3 rings (SSSR count). The quantitative estimate of drug-likeness (QED) is 0.854. The molecule has 4 nitrogen and oxygen atoms in total. The molecule has 1 aromatic carbocycles. The van der Waals surface area contributed by atoms with E-state index in [0.717, 1.165) is 10.5 Å². The molecule has 1 aromatic rings. The number of benzene rings is 1. The van der Waals surface area contributed by atoms with E-state index in [0.29, 0.717) is 24.8 Å². The maximum Gasteiger partial charge on any atom is 0.418 e. The Bertz CT molecular complexity index is 686. The van der Waals surface area contributed by atoms with Gasteiger partial charge in [-0.3, -0.25) is 9.59 Å². The first kappa shape index (κ1) is 17.0. The number of hydrogen-bond acceptors (Lipinski definition) is 3. The normalized spacial score (nSPS) is 24.7. The van der Waals surface area contributed by atoms with Crippen LogP contribution < -0.4 is 0 Å². The third kappa shape index (κ3) is 2.92. The highest BCUT2D eigenvalue weighted by Crippen LogP contribution is 2.37. The third-order valence-electron chi connectivity index (χ3n) is 4.79. The van der Waals surface area contributed by atoms with E-state index in [2.05, 4.69) is 0 Å². The molecule has 0 radical (unpaired) electrons. The Hall–Kier alpha value is -1.89. The SMILES string of the molecule is O=C1CCCc2cc(C(=O)N3CCCC(O)(C(F)(F)F)C3)ccc21. The standard InChI is InChI=1S/C17H18F3NO3/c18-17(19,20)16(24)7-2-8-21(10-16)15(23)12-5-6-13-11(9-12)3-1-4-14(13)22/h5-6,9,24H,1-4,7-8,10H2. The molecule has 1 saturated heterocycles. The Morgan fingerprint density at radius 2 is 1.96 bits per heavy atom. The van der Waals surface area contributed by atoms with Crippen molar-refractivity contribution in [3.8, 4) is 0 Å². The number of alkyl halides is 3. The first-order chi connectivity index (χ1) is 11.2. The zero-order chi connectivity index (χ0) is 17.5. The number of hydrogen-bond donors (Lipinski definition) is 1. The minimum atomic E-state index is -4.77. The van der Waals surface area contributed by atoms with Gasteiger partial charge in [0.15, 0.2) is 11.4 Å². The number of aryl methyl sites for hydroxylation is 1. The number of ketones is 1. The zero-order valence-corrected chi connectivity index (χ0v) is 13.0. The second-order valence-electron chi connectivity index (χ2n) is 6.51. The lowest BCUT2D eigenvalue weighted by Crippen LogP contribution is -2.58. The number of rotatable bonds is 1. The van der Waals surface area contributed by atoms with Gasteiger partial charge in [0.2, 0.25) is 0 Å². The molecular formula is C17H18F3NO3. The highest BCUT2D eigenvalue weighted by atomic mass is 19.4. The third-order valence-corrected chi connectivity index (χ3v) is 4.79. The van der Waals surface area contributed by atoms with E-state index < -0.39 is 30.7 Å². The Balaban J connectivity index is 1.83. The molecule has 1 fully saturated rings. The van der Waals surface area contributed by atoms with Crippen molar-refractivity contribution in [3.05, 3.63) is 34.9 Å². The molecule has 1 aliphatic heterocycles. The van der Waals surface area contributed by atoms with E-state index in [9.17, 15) is 27.9 Å². The average molecular weight is 341 g/mol. The molecule has 1 unspecified atom stereocenters. The predicted molar refractivity (Wildman–Crippen MR) is 79.9 cm³/mol. The first-order valence-corrected chi connectivity index (χ1v) is 7.96. The van der Waals surface area contributed by atoms with Crippen LogP contribution in [0.1, 0.15) is 52.0 Å². The number of β-amino-alcohol motifs (C(OH)–C–C–N with tert-alkyl or cyclic N) is 1. The number of likely N-dealkylation sites (tertiary alicyclic amines) is 1. The summed E-state index contributed by atoms with van der Waals surface area (Å²) in [4.78, 5) is 25.4. The molecule has 0 saturated carbocycles. The Labute approximate surface area is 137 Å². The maximum absolute atomic E-state index is 13.0. The number of nitrogens with zero attached hydrogens (tertiary/aromatic N) is 1. The van der Waals surface area contributed by atoms with Gasteiger partial charge in [0.1, 0.15) is 0 Å². The van der Waals surface area contributed by atoms with Crippen molar-refractivity contribution in [2.75, 3.05) is 13.1 Å². The summed E-state index contributed by atoms with van der Waals surface area (Å²) < 4.78 is 39.0. The van der Waals surface area contributed by atoms with Gasteiger partial charge in [0.05, 0.1) is 6.54 Å². The summed E-state index contributed by atoms with van der Waals surface area (Å²) >= 11 is 0. The van der Waals surface area contributed by atoms with Crippen LogP contribution in [0.4, 0.5) is 13.2 Å². The molecule has 0 spiro atoms. The maximum atomic E-state index is 13.0. The number of halogens is 3. The van der Waals surface area contributed by atoms with Gasteiger partial charge in [0.25, 0.3) is 5.91 Å². The van der Waals surface area contributed by atoms with Crippen LogP contribution in [0, 0.1) is 0 Å². The van der Waals surface area contributed by atoms with Crippen LogP contribution in [-0.4, -0.2) is 46.6 Å². The molecule has 24 heavy (non-hydrogen) atoms. The summed E-state index contributed by atoms with van der Waals surface area (Å²) in [6, 6.07) is 4.64. The van der Waals surface area contributed by atoms with Gasteiger partial charge in [-0.1, -0.05) is 6.07 Å². The van der Waals surface area contributed by atoms with E-state index in [-0.39, 0.29) is 24.3 Å². The van der Waals surface area contributed by atoms with Crippen LogP contribution >= 0.6 is 0 Å². The molecule has 1 N–H and O–H groups in total. The van der Waals surface area contributed by atoms with E-state index in [4.69, 9.17) is 0 Å². The molecule has 130 valence electrons. The number of amides is 1. The van der Waals surface area contributed by atoms with Crippen molar-refractivity contribution >= 4 is 11.7 Å². The smallest absolute Gasteiger partial charge is 0.379 e. The summed E-state index contributed by atoms with van der Waals surface area (Å²) in [6.07, 6.45) is -3.22. The highest BCUT2D eigenvalue weighted by Gasteiger charge is 2.55. The second kappa shape index (κ2) is 5.88. The minimum Gasteiger partial charge on any atom is -0.379 e. The average Bonchev–Trinajstić information content (AvgIpc) is 2.53. The number of aliphatic hydroxyl groups is 1. The second-order valence-corrected chi connectivity index (χ2v) is 6.51. The van der Waals surface area contributed by atoms with E-state index in [1.165, 1.54) is 6.07 Å². The van der Waals surface area contributed by atoms with E-state index in [1.807, 2.05) is 0 Å². The molecule has 0 bridgehead atoms. The predicted octanol–water partition coefficient (Wildman–Crippen LogP) is 2.74. The number of carbonyl (C=O) groups is 2. The van der Waals surface area contributed by atoms with Gasteiger partial charge in [-0.2, -0.15) is 13.2 Å². The lowest BCUT2D eigenvalue weighted by atomic mass is 9.88. The van der Waals surface area contributed by atoms with Crippen LogP contribution in [0.2, 0.25) is 0 Å². The number of carbonyl (C=O) groups excluding carboxylic acids is 2. The molecule has 2 aliphatic rings. The van der Waals surface area contributed by atoms with Crippen molar-refractivity contribution < 1.29 is 27.9 Å². The van der Waals surface area contributed by atoms with Crippen LogP contribution in [0.3, 0.4) is 0 Å². The van der Waals surface area contributed by atoms with Gasteiger partial charge in [0, 0.05) is 24.1 Å². The van der Waals surface area contributed by atoms with Crippen molar-refractivity contribution in [3.63, 3.8) is 0 Å². The number of fused-ring (bicyclic) bond motifs is 1. The lowest BCUT2D eigenvalue weighted by Gasteiger charge is -2.40. The summed E-state index contributed by atoms with van der Waals surface area (Å²) in [6.45, 7) is -0.585. The van der Waals surface area contributed by atoms with Crippen LogP contribution in [0.5, 0.6) is 0 Å². The fourth-order valence-electron chi connectivity index (χ4n) is 3.40. The molecule has 1 amide bonds. The fraction of sp³-hybridized carbons (Fsp3) is 0.529. The Morgan fingerprint density at radius 3 is 2.67 bits per heavy atom. The van der Waals surface area contributed by atoms with Gasteiger partial charge in [-0.05, 0) is 43.4 Å². The molecule has 1 aliphatic carbocycles. The lowest BCUT2D eigenvalue weighted by molar-refractivity contribution is -0.271. The molecule has 7 heteroatoms. The molecule has 1 heterocycles. The van der Waals surface area contributed by atoms with Crippen molar-refractivity contribution in [2.45, 2.75) is 43.9 Å². The topological polar surface area (TPSA) is 57.6 Å². The van der Waals surface area contributed by atoms with Gasteiger partial charge in [-0.15, -0.1) is 0 Å². The zero-order valence-electron chi connectivity index (χ0n) is 13.0. The number of piperidine rings is 1.